The average molecular weight is 234 g/mol. The molecule has 0 fully saturated rings. The van der Waals surface area contributed by atoms with Crippen molar-refractivity contribution in [2.75, 3.05) is 5.73 Å². The Bertz CT molecular complexity index is 587. The van der Waals surface area contributed by atoms with Crippen LogP contribution in [0.4, 0.5) is 5.95 Å². The minimum atomic E-state index is -0.747. The lowest BCUT2D eigenvalue weighted by Crippen LogP contribution is -2.06. The molecule has 0 unspecified atom stereocenters. The van der Waals surface area contributed by atoms with Crippen molar-refractivity contribution in [2.24, 2.45) is 11.1 Å². The fourth-order valence-electron chi connectivity index (χ4n) is 1.48. The highest BCUT2D eigenvalue weighted by Gasteiger charge is 2.16. The van der Waals surface area contributed by atoms with Crippen molar-refractivity contribution < 1.29 is 4.52 Å². The van der Waals surface area contributed by atoms with Crippen molar-refractivity contribution in [1.29, 1.82) is 0 Å². The number of hydrogen-bond donors (Lipinski definition) is 2. The molecule has 0 radical (unpaired) electrons. The number of hydrogen-bond acceptors (Lipinski definition) is 5. The first-order valence-corrected chi connectivity index (χ1v) is 5.13. The van der Waals surface area contributed by atoms with Crippen LogP contribution in [0.25, 0.3) is 5.70 Å². The van der Waals surface area contributed by atoms with Crippen molar-refractivity contribution in [2.45, 2.75) is 13.8 Å². The number of anilines is 1. The van der Waals surface area contributed by atoms with E-state index in [1.807, 2.05) is 26.0 Å². The first kappa shape index (κ1) is 11.3. The van der Waals surface area contributed by atoms with E-state index in [1.54, 1.807) is 12.2 Å². The van der Waals surface area contributed by atoms with Crippen molar-refractivity contribution >= 4 is 11.6 Å². The summed E-state index contributed by atoms with van der Waals surface area (Å²) in [7, 11) is 0. The van der Waals surface area contributed by atoms with E-state index in [4.69, 9.17) is 16.0 Å². The van der Waals surface area contributed by atoms with Crippen LogP contribution in [-0.2, 0) is 0 Å². The Hall–Kier alpha value is -2.24. The molecule has 0 spiro atoms. The smallest absolute Gasteiger partial charge is 0.397 e. The summed E-state index contributed by atoms with van der Waals surface area (Å²) in [5.41, 5.74) is 12.3. The van der Waals surface area contributed by atoms with Crippen LogP contribution in [-0.4, -0.2) is 9.72 Å². The third kappa shape index (κ3) is 2.15. The molecule has 6 heteroatoms. The molecule has 0 bridgehead atoms. The van der Waals surface area contributed by atoms with Gasteiger partial charge in [0.1, 0.15) is 5.70 Å². The standard InChI is InChI=1S/C11H14N4O2/c1-11(2)5-3-7(12)8(4-6-11)15-9(13)14-10(16)17-15/h3-6H,12H2,1-2H3,(H2,13,14,16). The molecule has 1 aliphatic carbocycles. The van der Waals surface area contributed by atoms with E-state index < -0.39 is 5.76 Å². The monoisotopic (exact) mass is 234 g/mol. The van der Waals surface area contributed by atoms with E-state index in [1.165, 1.54) is 0 Å². The van der Waals surface area contributed by atoms with Gasteiger partial charge in [-0.25, -0.2) is 4.79 Å². The third-order valence-electron chi connectivity index (χ3n) is 2.46. The van der Waals surface area contributed by atoms with E-state index in [9.17, 15) is 4.79 Å². The first-order valence-electron chi connectivity index (χ1n) is 5.13. The van der Waals surface area contributed by atoms with Crippen LogP contribution in [0.1, 0.15) is 13.8 Å². The number of nitrogens with zero attached hydrogens (tertiary/aromatic N) is 2. The Morgan fingerprint density at radius 2 is 1.94 bits per heavy atom. The molecule has 0 aliphatic heterocycles. The number of allylic oxidation sites excluding steroid dienone is 5. The van der Waals surface area contributed by atoms with Crippen LogP contribution in [0.15, 0.2) is 39.3 Å². The Balaban J connectivity index is 2.56. The summed E-state index contributed by atoms with van der Waals surface area (Å²) in [5.74, 6) is -0.769. The van der Waals surface area contributed by atoms with Gasteiger partial charge in [0.2, 0.25) is 5.95 Å². The fraction of sp³-hybridized carbons (Fsp3) is 0.273. The van der Waals surface area contributed by atoms with E-state index in [2.05, 4.69) is 4.98 Å². The topological polar surface area (TPSA) is 100 Å². The summed E-state index contributed by atoms with van der Waals surface area (Å²) < 4.78 is 5.97. The summed E-state index contributed by atoms with van der Waals surface area (Å²) in [5, 5.41) is 0. The van der Waals surface area contributed by atoms with Crippen LogP contribution in [0.3, 0.4) is 0 Å². The zero-order chi connectivity index (χ0) is 12.6. The molecule has 1 heterocycles. The minimum Gasteiger partial charge on any atom is -0.397 e. The number of nitrogens with two attached hydrogens (primary N) is 2. The third-order valence-corrected chi connectivity index (χ3v) is 2.46. The molecule has 90 valence electrons. The maximum atomic E-state index is 11.0. The fourth-order valence-corrected chi connectivity index (χ4v) is 1.48. The number of nitrogen functional groups attached to an aromatic ring is 1. The highest BCUT2D eigenvalue weighted by atomic mass is 16.5. The zero-order valence-corrected chi connectivity index (χ0v) is 9.68. The molecular weight excluding hydrogens is 220 g/mol. The average Bonchev–Trinajstić information content (AvgIpc) is 2.48. The van der Waals surface area contributed by atoms with E-state index in [0.717, 1.165) is 4.74 Å². The summed E-state index contributed by atoms with van der Waals surface area (Å²) in [4.78, 5) is 14.4. The summed E-state index contributed by atoms with van der Waals surface area (Å²) in [6, 6.07) is 0. The van der Waals surface area contributed by atoms with Crippen molar-refractivity contribution in [1.82, 2.24) is 9.72 Å². The Morgan fingerprint density at radius 3 is 2.53 bits per heavy atom. The van der Waals surface area contributed by atoms with Gasteiger partial charge in [0.25, 0.3) is 0 Å². The predicted octanol–water partition coefficient (Wildman–Crippen LogP) is 0.698. The van der Waals surface area contributed by atoms with Gasteiger partial charge in [-0.15, -0.1) is 9.72 Å². The molecule has 17 heavy (non-hydrogen) atoms. The Kier molecular flexibility index (Phi) is 2.42. The number of aromatic nitrogens is 2. The lowest BCUT2D eigenvalue weighted by molar-refractivity contribution is 0.331. The molecule has 0 saturated heterocycles. The second-order valence-corrected chi connectivity index (χ2v) is 4.45. The zero-order valence-electron chi connectivity index (χ0n) is 9.68. The van der Waals surface area contributed by atoms with E-state index in [-0.39, 0.29) is 11.4 Å². The van der Waals surface area contributed by atoms with E-state index >= 15 is 0 Å². The molecule has 4 N–H and O–H groups in total. The van der Waals surface area contributed by atoms with Crippen LogP contribution < -0.4 is 17.2 Å². The van der Waals surface area contributed by atoms with Gasteiger partial charge in [-0.05, 0) is 12.2 Å². The molecule has 0 atom stereocenters. The SMILES string of the molecule is CC1(C)C=CC(N)=C(n2oc(=O)nc2N)C=C1. The van der Waals surface area contributed by atoms with Crippen LogP contribution >= 0.6 is 0 Å². The van der Waals surface area contributed by atoms with Crippen LogP contribution in [0, 0.1) is 5.41 Å². The summed E-state index contributed by atoms with van der Waals surface area (Å²) in [6.45, 7) is 4.06. The Morgan fingerprint density at radius 1 is 1.29 bits per heavy atom. The quantitative estimate of drug-likeness (QED) is 0.744. The van der Waals surface area contributed by atoms with Gasteiger partial charge < -0.3 is 16.0 Å². The largest absolute Gasteiger partial charge is 0.461 e. The Labute approximate surface area is 97.9 Å². The lowest BCUT2D eigenvalue weighted by atomic mass is 9.93. The van der Waals surface area contributed by atoms with Crippen LogP contribution in [0.2, 0.25) is 0 Å². The van der Waals surface area contributed by atoms with E-state index in [0.29, 0.717) is 11.4 Å². The van der Waals surface area contributed by atoms with Crippen molar-refractivity contribution in [3.05, 3.63) is 40.6 Å². The molecule has 1 aliphatic rings. The summed E-state index contributed by atoms with van der Waals surface area (Å²) >= 11 is 0. The summed E-state index contributed by atoms with van der Waals surface area (Å²) in [6.07, 6.45) is 7.42. The lowest BCUT2D eigenvalue weighted by Gasteiger charge is -2.12. The van der Waals surface area contributed by atoms with Crippen LogP contribution in [0.5, 0.6) is 0 Å². The van der Waals surface area contributed by atoms with Gasteiger partial charge in [0, 0.05) is 5.41 Å². The number of rotatable bonds is 1. The van der Waals surface area contributed by atoms with Crippen molar-refractivity contribution in [3.63, 3.8) is 0 Å². The van der Waals surface area contributed by atoms with Crippen molar-refractivity contribution in [3.8, 4) is 0 Å². The normalized spacial score (nSPS) is 18.5. The molecule has 1 aromatic rings. The maximum Gasteiger partial charge on any atom is 0.461 e. The van der Waals surface area contributed by atoms with Gasteiger partial charge in [-0.3, -0.25) is 0 Å². The molecule has 1 aromatic heterocycles. The molecule has 0 aromatic carbocycles. The van der Waals surface area contributed by atoms with Gasteiger partial charge in [0.15, 0.2) is 0 Å². The molecule has 0 saturated carbocycles. The highest BCUT2D eigenvalue weighted by Crippen LogP contribution is 2.26. The van der Waals surface area contributed by atoms with Gasteiger partial charge >= 0.3 is 5.76 Å². The first-order chi connectivity index (χ1) is 7.89. The second kappa shape index (κ2) is 3.65. The van der Waals surface area contributed by atoms with Gasteiger partial charge in [-0.1, -0.05) is 26.0 Å². The molecule has 6 nitrogen and oxygen atoms in total. The van der Waals surface area contributed by atoms with Gasteiger partial charge in [-0.2, -0.15) is 0 Å². The molecule has 0 amide bonds. The highest BCUT2D eigenvalue weighted by molar-refractivity contribution is 5.65. The van der Waals surface area contributed by atoms with Gasteiger partial charge in [0.05, 0.1) is 5.70 Å². The minimum absolute atomic E-state index is 0.0225. The second-order valence-electron chi connectivity index (χ2n) is 4.45. The molecular formula is C11H14N4O2. The maximum absolute atomic E-state index is 11.0. The predicted molar refractivity (Wildman–Crippen MR) is 64.6 cm³/mol. The molecule has 2 rings (SSSR count).